The van der Waals surface area contributed by atoms with Crippen LogP contribution in [0.1, 0.15) is 45.5 Å². The first-order chi connectivity index (χ1) is 13.6. The number of amides is 1. The van der Waals surface area contributed by atoms with Crippen LogP contribution >= 0.6 is 11.3 Å². The Hall–Kier alpha value is -2.24. The highest BCUT2D eigenvalue weighted by Crippen LogP contribution is 2.24. The van der Waals surface area contributed by atoms with Crippen molar-refractivity contribution in [3.63, 3.8) is 0 Å². The molecule has 1 aliphatic rings. The molecule has 146 valence electrons. The number of rotatable bonds is 4. The molecule has 0 aliphatic heterocycles. The quantitative estimate of drug-likeness (QED) is 0.650. The van der Waals surface area contributed by atoms with Gasteiger partial charge in [0.1, 0.15) is 0 Å². The number of hydrogen-bond acceptors (Lipinski definition) is 3. The molecule has 0 saturated carbocycles. The minimum absolute atomic E-state index is 0.167. The summed E-state index contributed by atoms with van der Waals surface area (Å²) in [5.41, 5.74) is 6.98. The Kier molecular flexibility index (Phi) is 5.47. The SMILES string of the molecule is COCCn1c(=NC(=O)c2ccc3c(c2)CCCC3)sc2cc(C)c(C)cc21. The molecule has 1 heterocycles. The summed E-state index contributed by atoms with van der Waals surface area (Å²) in [7, 11) is 1.69. The van der Waals surface area contributed by atoms with E-state index in [1.807, 2.05) is 12.1 Å². The van der Waals surface area contributed by atoms with E-state index in [1.165, 1.54) is 35.1 Å². The molecule has 4 rings (SSSR count). The van der Waals surface area contributed by atoms with Crippen molar-refractivity contribution in [2.24, 2.45) is 4.99 Å². The van der Waals surface area contributed by atoms with Crippen LogP contribution in [0.3, 0.4) is 0 Å². The second-order valence-electron chi connectivity index (χ2n) is 7.54. The second kappa shape index (κ2) is 8.02. The van der Waals surface area contributed by atoms with Gasteiger partial charge in [0, 0.05) is 19.2 Å². The van der Waals surface area contributed by atoms with Crippen LogP contribution < -0.4 is 4.80 Å². The summed E-state index contributed by atoms with van der Waals surface area (Å²) in [5.74, 6) is -0.167. The van der Waals surface area contributed by atoms with Crippen LogP contribution in [-0.4, -0.2) is 24.2 Å². The molecule has 5 heteroatoms. The minimum atomic E-state index is -0.167. The number of thiazole rings is 1. The minimum Gasteiger partial charge on any atom is -0.383 e. The number of nitrogens with zero attached hydrogens (tertiary/aromatic N) is 2. The Labute approximate surface area is 169 Å². The summed E-state index contributed by atoms with van der Waals surface area (Å²) < 4.78 is 8.53. The van der Waals surface area contributed by atoms with Gasteiger partial charge < -0.3 is 9.30 Å². The Morgan fingerprint density at radius 2 is 1.86 bits per heavy atom. The standard InChI is InChI=1S/C23H26N2O2S/c1-15-12-20-21(13-16(15)2)28-23(25(20)10-11-27-3)24-22(26)19-9-8-17-6-4-5-7-18(17)14-19/h8-9,12-14H,4-7,10-11H2,1-3H3. The van der Waals surface area contributed by atoms with Crippen molar-refractivity contribution in [1.82, 2.24) is 4.57 Å². The van der Waals surface area contributed by atoms with E-state index in [9.17, 15) is 4.79 Å². The van der Waals surface area contributed by atoms with Crippen molar-refractivity contribution in [3.8, 4) is 0 Å². The molecule has 2 aromatic carbocycles. The van der Waals surface area contributed by atoms with E-state index in [0.717, 1.165) is 27.9 Å². The number of fused-ring (bicyclic) bond motifs is 2. The van der Waals surface area contributed by atoms with E-state index in [4.69, 9.17) is 4.74 Å². The topological polar surface area (TPSA) is 43.6 Å². The van der Waals surface area contributed by atoms with Crippen molar-refractivity contribution >= 4 is 27.5 Å². The molecule has 0 bridgehead atoms. The highest BCUT2D eigenvalue weighted by Gasteiger charge is 2.14. The smallest absolute Gasteiger partial charge is 0.279 e. The third-order valence-electron chi connectivity index (χ3n) is 5.61. The van der Waals surface area contributed by atoms with Gasteiger partial charge in [0.25, 0.3) is 5.91 Å². The van der Waals surface area contributed by atoms with Crippen molar-refractivity contribution in [1.29, 1.82) is 0 Å². The predicted octanol–water partition coefficient (Wildman–Crippen LogP) is 4.59. The molecule has 0 radical (unpaired) electrons. The third-order valence-corrected chi connectivity index (χ3v) is 6.65. The Morgan fingerprint density at radius 1 is 1.11 bits per heavy atom. The zero-order valence-electron chi connectivity index (χ0n) is 16.7. The molecule has 4 nitrogen and oxygen atoms in total. The van der Waals surface area contributed by atoms with Gasteiger partial charge in [-0.1, -0.05) is 17.4 Å². The normalized spacial score (nSPS) is 14.5. The monoisotopic (exact) mass is 394 g/mol. The molecular formula is C23H26N2O2S. The van der Waals surface area contributed by atoms with Gasteiger partial charge in [-0.05, 0) is 86.1 Å². The van der Waals surface area contributed by atoms with Gasteiger partial charge in [-0.2, -0.15) is 4.99 Å². The Bertz CT molecular complexity index is 1110. The highest BCUT2D eigenvalue weighted by molar-refractivity contribution is 7.16. The largest absolute Gasteiger partial charge is 0.383 e. The molecule has 0 fully saturated rings. The summed E-state index contributed by atoms with van der Waals surface area (Å²) >= 11 is 1.57. The maximum Gasteiger partial charge on any atom is 0.279 e. The number of methoxy groups -OCH3 is 1. The highest BCUT2D eigenvalue weighted by atomic mass is 32.1. The fraction of sp³-hybridized carbons (Fsp3) is 0.391. The van der Waals surface area contributed by atoms with Crippen LogP contribution in [0.25, 0.3) is 10.2 Å². The van der Waals surface area contributed by atoms with Crippen molar-refractivity contribution in [2.75, 3.05) is 13.7 Å². The van der Waals surface area contributed by atoms with E-state index in [2.05, 4.69) is 41.6 Å². The number of benzene rings is 2. The first-order valence-electron chi connectivity index (χ1n) is 9.87. The summed E-state index contributed by atoms with van der Waals surface area (Å²) in [5, 5.41) is 0. The van der Waals surface area contributed by atoms with E-state index in [1.54, 1.807) is 18.4 Å². The first-order valence-corrected chi connectivity index (χ1v) is 10.7. The average Bonchev–Trinajstić information content (AvgIpc) is 3.02. The van der Waals surface area contributed by atoms with Crippen LogP contribution in [0.5, 0.6) is 0 Å². The second-order valence-corrected chi connectivity index (χ2v) is 8.55. The van der Waals surface area contributed by atoms with Gasteiger partial charge in [-0.25, -0.2) is 0 Å². The van der Waals surface area contributed by atoms with Crippen molar-refractivity contribution in [2.45, 2.75) is 46.1 Å². The van der Waals surface area contributed by atoms with E-state index >= 15 is 0 Å². The number of ether oxygens (including phenoxy) is 1. The molecule has 28 heavy (non-hydrogen) atoms. The lowest BCUT2D eigenvalue weighted by atomic mass is 9.90. The number of carbonyl (C=O) groups excluding carboxylic acids is 1. The molecule has 1 amide bonds. The lowest BCUT2D eigenvalue weighted by Crippen LogP contribution is -2.19. The van der Waals surface area contributed by atoms with Crippen LogP contribution in [0.2, 0.25) is 0 Å². The van der Waals surface area contributed by atoms with Gasteiger partial charge in [0.15, 0.2) is 4.80 Å². The lowest BCUT2D eigenvalue weighted by molar-refractivity contribution is 0.0997. The van der Waals surface area contributed by atoms with E-state index in [0.29, 0.717) is 18.7 Å². The third kappa shape index (κ3) is 3.69. The van der Waals surface area contributed by atoms with Crippen LogP contribution in [-0.2, 0) is 24.1 Å². The molecule has 1 aliphatic carbocycles. The molecule has 0 unspecified atom stereocenters. The zero-order valence-corrected chi connectivity index (χ0v) is 17.6. The molecule has 0 N–H and O–H groups in total. The van der Waals surface area contributed by atoms with Crippen LogP contribution in [0, 0.1) is 13.8 Å². The van der Waals surface area contributed by atoms with Crippen molar-refractivity contribution in [3.05, 3.63) is 63.0 Å². The maximum absolute atomic E-state index is 12.9. The maximum atomic E-state index is 12.9. The summed E-state index contributed by atoms with van der Waals surface area (Å²) in [6, 6.07) is 10.4. The van der Waals surface area contributed by atoms with Gasteiger partial charge in [0.05, 0.1) is 16.8 Å². The summed E-state index contributed by atoms with van der Waals surface area (Å²) in [6.45, 7) is 5.49. The number of aromatic nitrogens is 1. The molecule has 0 saturated heterocycles. The predicted molar refractivity (Wildman–Crippen MR) is 114 cm³/mol. The Balaban J connectivity index is 1.78. The van der Waals surface area contributed by atoms with Crippen molar-refractivity contribution < 1.29 is 9.53 Å². The fourth-order valence-electron chi connectivity index (χ4n) is 3.82. The molecule has 3 aromatic rings. The molecule has 1 aromatic heterocycles. The van der Waals surface area contributed by atoms with E-state index in [-0.39, 0.29) is 5.91 Å². The molecule has 0 atom stereocenters. The number of aryl methyl sites for hydroxylation is 4. The van der Waals surface area contributed by atoms with E-state index < -0.39 is 0 Å². The van der Waals surface area contributed by atoms with Gasteiger partial charge in [0.2, 0.25) is 0 Å². The average molecular weight is 395 g/mol. The van der Waals surface area contributed by atoms with Crippen LogP contribution in [0.4, 0.5) is 0 Å². The Morgan fingerprint density at radius 3 is 2.64 bits per heavy atom. The van der Waals surface area contributed by atoms with Gasteiger partial charge >= 0.3 is 0 Å². The van der Waals surface area contributed by atoms with Gasteiger partial charge in [-0.3, -0.25) is 4.79 Å². The summed E-state index contributed by atoms with van der Waals surface area (Å²) in [4.78, 5) is 18.2. The zero-order chi connectivity index (χ0) is 19.7. The fourth-order valence-corrected chi connectivity index (χ4v) is 4.96. The first kappa shape index (κ1) is 19.1. The van der Waals surface area contributed by atoms with Crippen LogP contribution in [0.15, 0.2) is 35.3 Å². The number of hydrogen-bond donors (Lipinski definition) is 0. The lowest BCUT2D eigenvalue weighted by Gasteiger charge is -2.15. The molecule has 0 spiro atoms. The number of carbonyl (C=O) groups is 1. The van der Waals surface area contributed by atoms with Gasteiger partial charge in [-0.15, -0.1) is 0 Å². The molecular weight excluding hydrogens is 368 g/mol. The summed E-state index contributed by atoms with van der Waals surface area (Å²) in [6.07, 6.45) is 4.62.